The first-order valence-corrected chi connectivity index (χ1v) is 7.73. The van der Waals surface area contributed by atoms with Gasteiger partial charge in [0.1, 0.15) is 0 Å². The maximum Gasteiger partial charge on any atom is 0.289 e. The standard InChI is InChI=1S/C17H21N3O2/c1-12(2)14-11-16(22-19-14)17(21)18-8-10-20-9-7-13-5-3-4-6-15(13)20/h3-6,11-12H,7-10H2,1-2H3,(H,18,21). The Balaban J connectivity index is 1.52. The number of fused-ring (bicyclic) bond motifs is 1. The summed E-state index contributed by atoms with van der Waals surface area (Å²) in [6, 6.07) is 10.1. The van der Waals surface area contributed by atoms with Crippen molar-refractivity contribution in [2.75, 3.05) is 24.5 Å². The second-order valence-corrected chi connectivity index (χ2v) is 5.89. The van der Waals surface area contributed by atoms with Crippen LogP contribution in [0.2, 0.25) is 0 Å². The molecule has 0 bridgehead atoms. The smallest absolute Gasteiger partial charge is 0.289 e. The number of hydrogen-bond donors (Lipinski definition) is 1. The van der Waals surface area contributed by atoms with Gasteiger partial charge in [-0.3, -0.25) is 4.79 Å². The molecule has 2 heterocycles. The molecule has 5 nitrogen and oxygen atoms in total. The van der Waals surface area contributed by atoms with Crippen LogP contribution in [-0.2, 0) is 6.42 Å². The van der Waals surface area contributed by atoms with Gasteiger partial charge < -0.3 is 14.7 Å². The molecule has 1 aromatic carbocycles. The Morgan fingerprint density at radius 3 is 3.00 bits per heavy atom. The predicted molar refractivity (Wildman–Crippen MR) is 85.3 cm³/mol. The first-order chi connectivity index (χ1) is 10.6. The van der Waals surface area contributed by atoms with E-state index in [1.807, 2.05) is 13.8 Å². The van der Waals surface area contributed by atoms with Crippen molar-refractivity contribution < 1.29 is 9.32 Å². The quantitative estimate of drug-likeness (QED) is 0.922. The highest BCUT2D eigenvalue weighted by Gasteiger charge is 2.19. The van der Waals surface area contributed by atoms with Crippen molar-refractivity contribution >= 4 is 11.6 Å². The largest absolute Gasteiger partial charge is 0.369 e. The average molecular weight is 299 g/mol. The summed E-state index contributed by atoms with van der Waals surface area (Å²) in [6.45, 7) is 6.43. The molecule has 0 atom stereocenters. The zero-order valence-electron chi connectivity index (χ0n) is 13.0. The number of anilines is 1. The van der Waals surface area contributed by atoms with E-state index >= 15 is 0 Å². The molecular weight excluding hydrogens is 278 g/mol. The molecule has 0 saturated heterocycles. The van der Waals surface area contributed by atoms with Crippen LogP contribution in [0.4, 0.5) is 5.69 Å². The first kappa shape index (κ1) is 14.6. The number of nitrogens with one attached hydrogen (secondary N) is 1. The number of carbonyl (C=O) groups excluding carboxylic acids is 1. The molecule has 0 unspecified atom stereocenters. The minimum absolute atomic E-state index is 0.202. The van der Waals surface area contributed by atoms with Gasteiger partial charge in [0.25, 0.3) is 5.91 Å². The van der Waals surface area contributed by atoms with E-state index in [2.05, 4.69) is 39.6 Å². The van der Waals surface area contributed by atoms with Crippen LogP contribution < -0.4 is 10.2 Å². The molecule has 1 aliphatic heterocycles. The highest BCUT2D eigenvalue weighted by Crippen LogP contribution is 2.26. The van der Waals surface area contributed by atoms with E-state index in [4.69, 9.17) is 4.52 Å². The second kappa shape index (κ2) is 6.22. The number of benzene rings is 1. The van der Waals surface area contributed by atoms with Crippen LogP contribution >= 0.6 is 0 Å². The summed E-state index contributed by atoms with van der Waals surface area (Å²) in [5.41, 5.74) is 3.46. The topological polar surface area (TPSA) is 58.4 Å². The molecule has 2 aromatic rings. The van der Waals surface area contributed by atoms with Crippen LogP contribution in [-0.4, -0.2) is 30.7 Å². The average Bonchev–Trinajstić information content (AvgIpc) is 3.14. The fourth-order valence-electron chi connectivity index (χ4n) is 2.70. The number of para-hydroxylation sites is 1. The SMILES string of the molecule is CC(C)c1cc(C(=O)NCCN2CCc3ccccc32)on1. The normalized spacial score (nSPS) is 13.5. The molecule has 0 spiro atoms. The van der Waals surface area contributed by atoms with Crippen molar-refractivity contribution in [3.63, 3.8) is 0 Å². The van der Waals surface area contributed by atoms with E-state index in [1.165, 1.54) is 11.3 Å². The number of hydrogen-bond acceptors (Lipinski definition) is 4. The third kappa shape index (κ3) is 2.98. The Morgan fingerprint density at radius 2 is 2.23 bits per heavy atom. The van der Waals surface area contributed by atoms with Gasteiger partial charge >= 0.3 is 0 Å². The molecule has 0 fully saturated rings. The Kier molecular flexibility index (Phi) is 4.13. The third-order valence-corrected chi connectivity index (χ3v) is 3.99. The van der Waals surface area contributed by atoms with Gasteiger partial charge in [-0.15, -0.1) is 0 Å². The van der Waals surface area contributed by atoms with E-state index < -0.39 is 0 Å². The van der Waals surface area contributed by atoms with E-state index in [1.54, 1.807) is 6.07 Å². The first-order valence-electron chi connectivity index (χ1n) is 7.73. The summed E-state index contributed by atoms with van der Waals surface area (Å²) >= 11 is 0. The number of nitrogens with zero attached hydrogens (tertiary/aromatic N) is 2. The van der Waals surface area contributed by atoms with Crippen molar-refractivity contribution in [1.82, 2.24) is 10.5 Å². The van der Waals surface area contributed by atoms with Crippen LogP contribution in [0, 0.1) is 0 Å². The van der Waals surface area contributed by atoms with E-state index in [0.29, 0.717) is 6.54 Å². The van der Waals surface area contributed by atoms with Crippen LogP contribution in [0.3, 0.4) is 0 Å². The summed E-state index contributed by atoms with van der Waals surface area (Å²) in [4.78, 5) is 14.3. The highest BCUT2D eigenvalue weighted by atomic mass is 16.5. The van der Waals surface area contributed by atoms with Gasteiger partial charge in [-0.25, -0.2) is 0 Å². The van der Waals surface area contributed by atoms with Crippen molar-refractivity contribution in [1.29, 1.82) is 0 Å². The van der Waals surface area contributed by atoms with Crippen molar-refractivity contribution in [2.45, 2.75) is 26.2 Å². The van der Waals surface area contributed by atoms with Gasteiger partial charge in [0.15, 0.2) is 0 Å². The van der Waals surface area contributed by atoms with Gasteiger partial charge in [0.05, 0.1) is 5.69 Å². The van der Waals surface area contributed by atoms with Crippen LogP contribution in [0.25, 0.3) is 0 Å². The number of amides is 1. The summed E-state index contributed by atoms with van der Waals surface area (Å²) in [7, 11) is 0. The van der Waals surface area contributed by atoms with Crippen LogP contribution in [0.15, 0.2) is 34.9 Å². The molecule has 0 aliphatic carbocycles. The van der Waals surface area contributed by atoms with Crippen molar-refractivity contribution in [2.24, 2.45) is 0 Å². The third-order valence-electron chi connectivity index (χ3n) is 3.99. The Morgan fingerprint density at radius 1 is 1.41 bits per heavy atom. The Labute approximate surface area is 130 Å². The lowest BCUT2D eigenvalue weighted by Gasteiger charge is -2.19. The zero-order valence-corrected chi connectivity index (χ0v) is 13.0. The Bertz CT molecular complexity index is 663. The number of rotatable bonds is 5. The summed E-state index contributed by atoms with van der Waals surface area (Å²) in [6.07, 6.45) is 1.07. The predicted octanol–water partition coefficient (Wildman–Crippen LogP) is 2.59. The molecule has 5 heteroatoms. The van der Waals surface area contributed by atoms with Gasteiger partial charge in [-0.05, 0) is 24.0 Å². The fraction of sp³-hybridized carbons (Fsp3) is 0.412. The second-order valence-electron chi connectivity index (χ2n) is 5.89. The molecule has 3 rings (SSSR count). The molecule has 22 heavy (non-hydrogen) atoms. The number of aromatic nitrogens is 1. The minimum Gasteiger partial charge on any atom is -0.369 e. The highest BCUT2D eigenvalue weighted by molar-refractivity contribution is 5.91. The maximum absolute atomic E-state index is 12.0. The zero-order chi connectivity index (χ0) is 15.5. The molecule has 1 N–H and O–H groups in total. The number of carbonyl (C=O) groups is 1. The lowest BCUT2D eigenvalue weighted by atomic mass is 10.1. The molecule has 1 aromatic heterocycles. The minimum atomic E-state index is -0.202. The van der Waals surface area contributed by atoms with Crippen molar-refractivity contribution in [3.8, 4) is 0 Å². The van der Waals surface area contributed by atoms with Gasteiger partial charge in [0, 0.05) is 31.4 Å². The molecular formula is C17H21N3O2. The molecule has 1 amide bonds. The molecule has 0 radical (unpaired) electrons. The molecule has 116 valence electrons. The van der Waals surface area contributed by atoms with E-state index in [-0.39, 0.29) is 17.6 Å². The Hall–Kier alpha value is -2.30. The lowest BCUT2D eigenvalue weighted by Crippen LogP contribution is -2.34. The molecule has 0 saturated carbocycles. The van der Waals surface area contributed by atoms with Crippen molar-refractivity contribution in [3.05, 3.63) is 47.3 Å². The fourth-order valence-corrected chi connectivity index (χ4v) is 2.70. The van der Waals surface area contributed by atoms with Gasteiger partial charge in [-0.2, -0.15) is 0 Å². The van der Waals surface area contributed by atoms with Crippen LogP contribution in [0.1, 0.15) is 41.6 Å². The van der Waals surface area contributed by atoms with E-state index in [0.717, 1.165) is 25.2 Å². The molecule has 1 aliphatic rings. The lowest BCUT2D eigenvalue weighted by molar-refractivity contribution is 0.0917. The van der Waals surface area contributed by atoms with E-state index in [9.17, 15) is 4.79 Å². The summed E-state index contributed by atoms with van der Waals surface area (Å²) in [5, 5.41) is 6.80. The maximum atomic E-state index is 12.0. The summed E-state index contributed by atoms with van der Waals surface area (Å²) < 4.78 is 5.09. The van der Waals surface area contributed by atoms with Gasteiger partial charge in [-0.1, -0.05) is 37.2 Å². The summed E-state index contributed by atoms with van der Waals surface area (Å²) in [5.74, 6) is 0.337. The van der Waals surface area contributed by atoms with Gasteiger partial charge in [0.2, 0.25) is 5.76 Å². The monoisotopic (exact) mass is 299 g/mol. The van der Waals surface area contributed by atoms with Crippen LogP contribution in [0.5, 0.6) is 0 Å².